The highest BCUT2D eigenvalue weighted by atomic mass is 16.2. The molecule has 1 amide bonds. The smallest absolute Gasteiger partial charge is 0.249 e. The number of carbonyl (C=O) groups excluding carboxylic acids is 1. The third-order valence-electron chi connectivity index (χ3n) is 4.28. The maximum absolute atomic E-state index is 12.8. The zero-order valence-electron chi connectivity index (χ0n) is 14.3. The molecule has 0 fully saturated rings. The number of hydrogen-bond acceptors (Lipinski definition) is 4. The second kappa shape index (κ2) is 6.79. The summed E-state index contributed by atoms with van der Waals surface area (Å²) in [4.78, 5) is 16.1. The zero-order chi connectivity index (χ0) is 17.9. The van der Waals surface area contributed by atoms with Gasteiger partial charge in [-0.05, 0) is 52.1 Å². The van der Waals surface area contributed by atoms with Crippen molar-refractivity contribution in [2.24, 2.45) is 0 Å². The number of hydrogen-bond donors (Lipinski definition) is 2. The van der Waals surface area contributed by atoms with Crippen LogP contribution in [0.3, 0.4) is 0 Å². The normalized spacial score (nSPS) is 12.2. The third-order valence-corrected chi connectivity index (χ3v) is 4.28. The number of aromatic amines is 1. The number of aromatic nitrogens is 5. The summed E-state index contributed by atoms with van der Waals surface area (Å²) in [5, 5.41) is 15.3. The first-order valence-corrected chi connectivity index (χ1v) is 8.34. The largest absolute Gasteiger partial charge is 0.359 e. The monoisotopic (exact) mass is 346 g/mol. The maximum atomic E-state index is 12.8. The first-order chi connectivity index (χ1) is 12.7. The van der Waals surface area contributed by atoms with Crippen LogP contribution in [-0.4, -0.2) is 31.1 Å². The van der Waals surface area contributed by atoms with Crippen molar-refractivity contribution in [1.82, 2.24) is 30.5 Å². The molecule has 0 saturated heterocycles. The van der Waals surface area contributed by atoms with Gasteiger partial charge in [0, 0.05) is 17.8 Å². The summed E-state index contributed by atoms with van der Waals surface area (Å²) in [6, 6.07) is 17.1. The molecule has 0 bridgehead atoms. The number of rotatable bonds is 5. The van der Waals surface area contributed by atoms with E-state index in [4.69, 9.17) is 0 Å². The lowest BCUT2D eigenvalue weighted by atomic mass is 10.1. The van der Waals surface area contributed by atoms with Crippen LogP contribution in [-0.2, 0) is 11.3 Å². The second-order valence-corrected chi connectivity index (χ2v) is 6.19. The van der Waals surface area contributed by atoms with Gasteiger partial charge in [0.05, 0.1) is 0 Å². The number of nitrogens with zero attached hydrogens (tertiary/aromatic N) is 4. The Morgan fingerprint density at radius 2 is 2.04 bits per heavy atom. The molecule has 0 spiro atoms. The molecule has 7 nitrogen and oxygen atoms in total. The SMILES string of the molecule is Cc1cc2cc(CNC(=O)[C@H](c3ccccc3)n3cnnn3)ccc2[nH]1. The summed E-state index contributed by atoms with van der Waals surface area (Å²) in [6.45, 7) is 2.46. The van der Waals surface area contributed by atoms with Crippen LogP contribution in [0.2, 0.25) is 0 Å². The summed E-state index contributed by atoms with van der Waals surface area (Å²) in [5.74, 6) is -0.158. The Balaban J connectivity index is 1.54. The van der Waals surface area contributed by atoms with Crippen molar-refractivity contribution in [3.8, 4) is 0 Å². The highest BCUT2D eigenvalue weighted by Crippen LogP contribution is 2.19. The highest BCUT2D eigenvalue weighted by molar-refractivity contribution is 5.84. The van der Waals surface area contributed by atoms with Crippen molar-refractivity contribution in [3.05, 3.63) is 77.7 Å². The lowest BCUT2D eigenvalue weighted by Crippen LogP contribution is -2.33. The molecule has 2 heterocycles. The lowest BCUT2D eigenvalue weighted by molar-refractivity contribution is -0.123. The van der Waals surface area contributed by atoms with Crippen molar-refractivity contribution < 1.29 is 4.79 Å². The molecule has 7 heteroatoms. The van der Waals surface area contributed by atoms with Gasteiger partial charge in [0.25, 0.3) is 0 Å². The average Bonchev–Trinajstić information content (AvgIpc) is 3.29. The van der Waals surface area contributed by atoms with Crippen molar-refractivity contribution in [2.45, 2.75) is 19.5 Å². The number of nitrogens with one attached hydrogen (secondary N) is 2. The summed E-state index contributed by atoms with van der Waals surface area (Å²) in [6.07, 6.45) is 1.45. The van der Waals surface area contributed by atoms with Gasteiger partial charge in [-0.3, -0.25) is 4.79 Å². The van der Waals surface area contributed by atoms with E-state index in [1.54, 1.807) is 0 Å². The molecular weight excluding hydrogens is 328 g/mol. The Hall–Kier alpha value is -3.48. The van der Waals surface area contributed by atoms with Crippen LogP contribution in [0.15, 0.2) is 60.9 Å². The van der Waals surface area contributed by atoms with Crippen molar-refractivity contribution in [1.29, 1.82) is 0 Å². The quantitative estimate of drug-likeness (QED) is 0.581. The van der Waals surface area contributed by atoms with E-state index in [0.717, 1.165) is 27.7 Å². The number of H-pyrrole nitrogens is 1. The number of amides is 1. The Labute approximate surface area is 150 Å². The van der Waals surface area contributed by atoms with Gasteiger partial charge >= 0.3 is 0 Å². The summed E-state index contributed by atoms with van der Waals surface area (Å²) in [5.41, 5.74) is 4.07. The van der Waals surface area contributed by atoms with Crippen LogP contribution in [0.25, 0.3) is 10.9 Å². The van der Waals surface area contributed by atoms with E-state index >= 15 is 0 Å². The van der Waals surface area contributed by atoms with Crippen LogP contribution in [0.1, 0.15) is 22.9 Å². The number of fused-ring (bicyclic) bond motifs is 1. The van der Waals surface area contributed by atoms with E-state index in [1.165, 1.54) is 11.0 Å². The molecular formula is C19H18N6O. The topological polar surface area (TPSA) is 88.5 Å². The van der Waals surface area contributed by atoms with Crippen LogP contribution >= 0.6 is 0 Å². The molecule has 4 aromatic rings. The minimum atomic E-state index is -0.607. The fraction of sp³-hybridized carbons (Fsp3) is 0.158. The molecule has 0 saturated carbocycles. The van der Waals surface area contributed by atoms with E-state index in [2.05, 4.69) is 38.0 Å². The highest BCUT2D eigenvalue weighted by Gasteiger charge is 2.23. The molecule has 0 aliphatic rings. The van der Waals surface area contributed by atoms with E-state index < -0.39 is 6.04 Å². The first-order valence-electron chi connectivity index (χ1n) is 8.34. The molecule has 0 radical (unpaired) electrons. The number of benzene rings is 2. The van der Waals surface area contributed by atoms with E-state index in [0.29, 0.717) is 6.54 Å². The molecule has 2 N–H and O–H groups in total. The lowest BCUT2D eigenvalue weighted by Gasteiger charge is -2.16. The second-order valence-electron chi connectivity index (χ2n) is 6.19. The Bertz CT molecular complexity index is 1020. The van der Waals surface area contributed by atoms with Crippen molar-refractivity contribution in [3.63, 3.8) is 0 Å². The molecule has 0 aliphatic heterocycles. The van der Waals surface area contributed by atoms with Crippen molar-refractivity contribution in [2.75, 3.05) is 0 Å². The average molecular weight is 346 g/mol. The van der Waals surface area contributed by atoms with Crippen LogP contribution in [0.4, 0.5) is 0 Å². The predicted octanol–water partition coefficient (Wildman–Crippen LogP) is 2.37. The van der Waals surface area contributed by atoms with Gasteiger partial charge < -0.3 is 10.3 Å². The van der Waals surface area contributed by atoms with Gasteiger partial charge in [-0.25, -0.2) is 4.68 Å². The van der Waals surface area contributed by atoms with Crippen molar-refractivity contribution >= 4 is 16.8 Å². The molecule has 0 unspecified atom stereocenters. The van der Waals surface area contributed by atoms with Crippen LogP contribution in [0, 0.1) is 6.92 Å². The standard InChI is InChI=1S/C19H18N6O/c1-13-9-16-10-14(7-8-17(16)22-13)11-20-19(26)18(25-12-21-23-24-25)15-5-3-2-4-6-15/h2-10,12,18,22H,11H2,1H3,(H,20,26)/t18-/m0/s1. The minimum Gasteiger partial charge on any atom is -0.359 e. The molecule has 1 atom stereocenters. The molecule has 4 rings (SSSR count). The fourth-order valence-electron chi connectivity index (χ4n) is 3.07. The molecule has 130 valence electrons. The Morgan fingerprint density at radius 3 is 2.81 bits per heavy atom. The molecule has 2 aromatic heterocycles. The number of tetrazole rings is 1. The van der Waals surface area contributed by atoms with E-state index in [-0.39, 0.29) is 5.91 Å². The van der Waals surface area contributed by atoms with Gasteiger partial charge in [-0.15, -0.1) is 5.10 Å². The summed E-state index contributed by atoms with van der Waals surface area (Å²) < 4.78 is 1.46. The van der Waals surface area contributed by atoms with E-state index in [1.807, 2.05) is 49.4 Å². The van der Waals surface area contributed by atoms with Gasteiger partial charge in [-0.2, -0.15) is 0 Å². The van der Waals surface area contributed by atoms with Gasteiger partial charge in [-0.1, -0.05) is 36.4 Å². The predicted molar refractivity (Wildman–Crippen MR) is 97.3 cm³/mol. The molecule has 0 aliphatic carbocycles. The summed E-state index contributed by atoms with van der Waals surface area (Å²) >= 11 is 0. The summed E-state index contributed by atoms with van der Waals surface area (Å²) in [7, 11) is 0. The van der Waals surface area contributed by atoms with Gasteiger partial charge in [0.2, 0.25) is 5.91 Å². The van der Waals surface area contributed by atoms with Crippen LogP contribution in [0.5, 0.6) is 0 Å². The van der Waals surface area contributed by atoms with Crippen LogP contribution < -0.4 is 5.32 Å². The molecule has 26 heavy (non-hydrogen) atoms. The first kappa shape index (κ1) is 16.0. The number of aryl methyl sites for hydroxylation is 1. The fourth-order valence-corrected chi connectivity index (χ4v) is 3.07. The third kappa shape index (κ3) is 3.19. The Morgan fingerprint density at radius 1 is 1.19 bits per heavy atom. The van der Waals surface area contributed by atoms with Gasteiger partial charge in [0.1, 0.15) is 6.33 Å². The van der Waals surface area contributed by atoms with Gasteiger partial charge in [0.15, 0.2) is 6.04 Å². The Kier molecular flexibility index (Phi) is 4.18. The van der Waals surface area contributed by atoms with E-state index in [9.17, 15) is 4.79 Å². The number of carbonyl (C=O) groups is 1. The zero-order valence-corrected chi connectivity index (χ0v) is 14.3. The minimum absolute atomic E-state index is 0.158. The maximum Gasteiger partial charge on any atom is 0.249 e. The molecule has 2 aromatic carbocycles.